The minimum Gasteiger partial charge on any atom is -0.495 e. The lowest BCUT2D eigenvalue weighted by atomic mass is 10.0. The molecular weight excluding hydrogens is 545 g/mol. The molecule has 1 N–H and O–H groups in total. The molecule has 3 aromatic rings. The van der Waals surface area contributed by atoms with Gasteiger partial charge in [-0.2, -0.15) is 0 Å². The number of anilines is 1. The number of carbonyl (C=O) groups excluding carboxylic acids is 2. The highest BCUT2D eigenvalue weighted by molar-refractivity contribution is 7.92. The van der Waals surface area contributed by atoms with Crippen molar-refractivity contribution in [3.05, 3.63) is 95.3 Å². The van der Waals surface area contributed by atoms with Gasteiger partial charge in [0.25, 0.3) is 0 Å². The van der Waals surface area contributed by atoms with Gasteiger partial charge in [-0.15, -0.1) is 0 Å². The SMILES string of the molecule is COc1ccc(C)cc1N(CC(=O)N(Cc1ccc(F)cc1)[C@@H](Cc1ccccc1)C(=O)NCC(C)C)S(C)(=O)=O. The molecule has 1 atom stereocenters. The summed E-state index contributed by atoms with van der Waals surface area (Å²) >= 11 is 0. The van der Waals surface area contributed by atoms with Crippen molar-refractivity contribution in [1.29, 1.82) is 0 Å². The summed E-state index contributed by atoms with van der Waals surface area (Å²) in [6.45, 7) is 5.54. The minimum atomic E-state index is -3.94. The maximum absolute atomic E-state index is 14.1. The fraction of sp³-hybridized carbons (Fsp3) is 0.355. The molecule has 0 spiro atoms. The number of ether oxygens (including phenoxy) is 1. The highest BCUT2D eigenvalue weighted by atomic mass is 32.2. The van der Waals surface area contributed by atoms with E-state index in [-0.39, 0.29) is 36.2 Å². The van der Waals surface area contributed by atoms with Crippen LogP contribution in [0.2, 0.25) is 0 Å². The molecule has 41 heavy (non-hydrogen) atoms. The summed E-state index contributed by atoms with van der Waals surface area (Å²) in [5.41, 5.74) is 2.41. The Kier molecular flexibility index (Phi) is 10.9. The number of amides is 2. The first kappa shape index (κ1) is 31.6. The van der Waals surface area contributed by atoms with Gasteiger partial charge in [-0.3, -0.25) is 13.9 Å². The molecular formula is C31H38FN3O5S. The highest BCUT2D eigenvalue weighted by Gasteiger charge is 2.33. The zero-order valence-electron chi connectivity index (χ0n) is 24.1. The lowest BCUT2D eigenvalue weighted by Gasteiger charge is -2.34. The van der Waals surface area contributed by atoms with Crippen LogP contribution in [0.5, 0.6) is 5.75 Å². The van der Waals surface area contributed by atoms with Gasteiger partial charge < -0.3 is 15.0 Å². The van der Waals surface area contributed by atoms with E-state index in [4.69, 9.17) is 4.74 Å². The zero-order chi connectivity index (χ0) is 30.2. The fourth-order valence-electron chi connectivity index (χ4n) is 4.35. The van der Waals surface area contributed by atoms with Gasteiger partial charge in [0.05, 0.1) is 19.1 Å². The van der Waals surface area contributed by atoms with Crippen LogP contribution in [0.25, 0.3) is 0 Å². The summed E-state index contributed by atoms with van der Waals surface area (Å²) < 4.78 is 46.1. The maximum Gasteiger partial charge on any atom is 0.244 e. The Morgan fingerprint density at radius 3 is 2.22 bits per heavy atom. The molecule has 0 aliphatic heterocycles. The van der Waals surface area contributed by atoms with E-state index < -0.39 is 34.3 Å². The van der Waals surface area contributed by atoms with Crippen molar-refractivity contribution in [3.63, 3.8) is 0 Å². The van der Waals surface area contributed by atoms with E-state index in [0.29, 0.717) is 12.1 Å². The van der Waals surface area contributed by atoms with Crippen LogP contribution in [0, 0.1) is 18.7 Å². The summed E-state index contributed by atoms with van der Waals surface area (Å²) in [6.07, 6.45) is 1.22. The van der Waals surface area contributed by atoms with Gasteiger partial charge in [-0.25, -0.2) is 12.8 Å². The summed E-state index contributed by atoms with van der Waals surface area (Å²) in [6, 6.07) is 19.0. The first-order valence-corrected chi connectivity index (χ1v) is 15.2. The first-order valence-electron chi connectivity index (χ1n) is 13.4. The number of aryl methyl sites for hydroxylation is 1. The first-order chi connectivity index (χ1) is 19.4. The molecule has 10 heteroatoms. The van der Waals surface area contributed by atoms with Gasteiger partial charge in [0, 0.05) is 19.5 Å². The molecule has 3 aromatic carbocycles. The topological polar surface area (TPSA) is 96.0 Å². The fourth-order valence-corrected chi connectivity index (χ4v) is 5.20. The van der Waals surface area contributed by atoms with E-state index in [1.807, 2.05) is 44.2 Å². The Bertz CT molecular complexity index is 1430. The smallest absolute Gasteiger partial charge is 0.244 e. The van der Waals surface area contributed by atoms with E-state index >= 15 is 0 Å². The van der Waals surface area contributed by atoms with Crippen LogP contribution in [-0.4, -0.2) is 57.6 Å². The van der Waals surface area contributed by atoms with Crippen LogP contribution in [0.4, 0.5) is 10.1 Å². The molecule has 0 saturated carbocycles. The largest absolute Gasteiger partial charge is 0.495 e. The Hall–Kier alpha value is -3.92. The number of sulfonamides is 1. The van der Waals surface area contributed by atoms with Gasteiger partial charge in [-0.05, 0) is 53.8 Å². The van der Waals surface area contributed by atoms with E-state index in [9.17, 15) is 22.4 Å². The number of halogens is 1. The number of rotatable bonds is 13. The number of nitrogens with zero attached hydrogens (tertiary/aromatic N) is 2. The van der Waals surface area contributed by atoms with Crippen LogP contribution in [0.15, 0.2) is 72.8 Å². The molecule has 3 rings (SSSR count). The van der Waals surface area contributed by atoms with Crippen molar-refractivity contribution >= 4 is 27.5 Å². The van der Waals surface area contributed by atoms with Crippen molar-refractivity contribution in [1.82, 2.24) is 10.2 Å². The summed E-state index contributed by atoms with van der Waals surface area (Å²) in [5, 5.41) is 2.93. The predicted molar refractivity (Wildman–Crippen MR) is 159 cm³/mol. The summed E-state index contributed by atoms with van der Waals surface area (Å²) in [7, 11) is -2.52. The van der Waals surface area contributed by atoms with E-state index in [0.717, 1.165) is 21.7 Å². The third-order valence-corrected chi connectivity index (χ3v) is 7.63. The second-order valence-corrected chi connectivity index (χ2v) is 12.3. The van der Waals surface area contributed by atoms with Crippen LogP contribution >= 0.6 is 0 Å². The normalized spacial score (nSPS) is 12.1. The molecule has 2 amide bonds. The van der Waals surface area contributed by atoms with Crippen LogP contribution in [0.3, 0.4) is 0 Å². The second kappa shape index (κ2) is 14.1. The van der Waals surface area contributed by atoms with E-state index in [1.165, 1.54) is 24.1 Å². The molecule has 0 aromatic heterocycles. The van der Waals surface area contributed by atoms with Crippen LogP contribution in [0.1, 0.15) is 30.5 Å². The average Bonchev–Trinajstić information content (AvgIpc) is 2.93. The molecule has 0 saturated heterocycles. The van der Waals surface area contributed by atoms with Crippen LogP contribution < -0.4 is 14.4 Å². The molecule has 0 aliphatic rings. The number of hydrogen-bond donors (Lipinski definition) is 1. The minimum absolute atomic E-state index is 0.0335. The number of carbonyl (C=O) groups is 2. The number of benzene rings is 3. The molecule has 0 bridgehead atoms. The third-order valence-electron chi connectivity index (χ3n) is 6.50. The summed E-state index contributed by atoms with van der Waals surface area (Å²) in [5.74, 6) is -0.931. The predicted octanol–water partition coefficient (Wildman–Crippen LogP) is 4.32. The highest BCUT2D eigenvalue weighted by Crippen LogP contribution is 2.31. The third kappa shape index (κ3) is 9.04. The number of methoxy groups -OCH3 is 1. The van der Waals surface area contributed by atoms with Crippen molar-refractivity contribution in [2.45, 2.75) is 39.8 Å². The van der Waals surface area contributed by atoms with Gasteiger partial charge >= 0.3 is 0 Å². The Morgan fingerprint density at radius 2 is 1.63 bits per heavy atom. The number of nitrogens with one attached hydrogen (secondary N) is 1. The molecule has 8 nitrogen and oxygen atoms in total. The van der Waals surface area contributed by atoms with Crippen LogP contribution in [-0.2, 0) is 32.6 Å². The molecule has 0 fully saturated rings. The van der Waals surface area contributed by atoms with Crippen molar-refractivity contribution in [2.24, 2.45) is 5.92 Å². The van der Waals surface area contributed by atoms with Crippen molar-refractivity contribution in [2.75, 3.05) is 30.8 Å². The van der Waals surface area contributed by atoms with Gasteiger partial charge in [0.15, 0.2) is 0 Å². The number of hydrogen-bond acceptors (Lipinski definition) is 5. The maximum atomic E-state index is 14.1. The molecule has 0 radical (unpaired) electrons. The van der Waals surface area contributed by atoms with Crippen molar-refractivity contribution in [3.8, 4) is 5.75 Å². The van der Waals surface area contributed by atoms with Gasteiger partial charge in [-0.1, -0.05) is 62.4 Å². The lowest BCUT2D eigenvalue weighted by molar-refractivity contribution is -0.140. The Labute approximate surface area is 242 Å². The zero-order valence-corrected chi connectivity index (χ0v) is 24.9. The standard InChI is InChI=1S/C31H38FN3O5S/c1-22(2)19-33-31(37)28(18-24-9-7-6-8-10-24)34(20-25-12-14-26(32)15-13-25)30(36)21-35(41(5,38)39)27-17-23(3)11-16-29(27)40-4/h6-17,22,28H,18-21H2,1-5H3,(H,33,37)/t28-/m0/s1. The van der Waals surface area contributed by atoms with Gasteiger partial charge in [0.1, 0.15) is 24.2 Å². The lowest BCUT2D eigenvalue weighted by Crippen LogP contribution is -2.53. The van der Waals surface area contributed by atoms with Gasteiger partial charge in [0.2, 0.25) is 21.8 Å². The monoisotopic (exact) mass is 583 g/mol. The van der Waals surface area contributed by atoms with E-state index in [1.54, 1.807) is 37.3 Å². The Morgan fingerprint density at radius 1 is 0.976 bits per heavy atom. The molecule has 0 heterocycles. The quantitative estimate of drug-likeness (QED) is 0.323. The summed E-state index contributed by atoms with van der Waals surface area (Å²) in [4.78, 5) is 29.1. The molecule has 0 aliphatic carbocycles. The van der Waals surface area contributed by atoms with E-state index in [2.05, 4.69) is 5.32 Å². The Balaban J connectivity index is 2.08. The average molecular weight is 584 g/mol. The van der Waals surface area contributed by atoms with Crippen molar-refractivity contribution < 1.29 is 27.1 Å². The molecule has 0 unspecified atom stereocenters. The second-order valence-electron chi connectivity index (χ2n) is 10.4. The molecule has 220 valence electrons.